The summed E-state index contributed by atoms with van der Waals surface area (Å²) in [5, 5.41) is 17.5. The van der Waals surface area contributed by atoms with Crippen molar-refractivity contribution in [1.29, 1.82) is 5.41 Å². The molecule has 7 heteroatoms. The van der Waals surface area contributed by atoms with E-state index in [1.54, 1.807) is 5.38 Å². The summed E-state index contributed by atoms with van der Waals surface area (Å²) in [6, 6.07) is 0. The smallest absolute Gasteiger partial charge is 0.273 e. The Bertz CT molecular complexity index is 279. The van der Waals surface area contributed by atoms with Crippen molar-refractivity contribution in [1.82, 2.24) is 4.98 Å². The number of thiazole rings is 1. The molecule has 0 aliphatic carbocycles. The number of hydrogen-bond acceptors (Lipinski definition) is 5. The van der Waals surface area contributed by atoms with Crippen LogP contribution in [0.3, 0.4) is 0 Å². The maximum absolute atomic E-state index is 8.43. The van der Waals surface area contributed by atoms with Crippen LogP contribution in [-0.2, 0) is 0 Å². The monoisotopic (exact) mass is 223 g/mol. The zero-order valence-corrected chi connectivity index (χ0v) is 8.32. The molecule has 1 aromatic rings. The molecule has 0 saturated carbocycles. The summed E-state index contributed by atoms with van der Waals surface area (Å²) in [5.74, 6) is -0.0786. The summed E-state index contributed by atoms with van der Waals surface area (Å²) in [7, 11) is 0. The van der Waals surface area contributed by atoms with Gasteiger partial charge in [0.2, 0.25) is 0 Å². The van der Waals surface area contributed by atoms with Gasteiger partial charge in [-0.1, -0.05) is 11.3 Å². The number of ether oxygens (including phenoxy) is 1. The number of aliphatic hydroxyl groups is 1. The van der Waals surface area contributed by atoms with Crippen molar-refractivity contribution in [3.63, 3.8) is 0 Å². The van der Waals surface area contributed by atoms with Gasteiger partial charge in [-0.05, 0) is 0 Å². The highest BCUT2D eigenvalue weighted by Crippen LogP contribution is 2.17. The van der Waals surface area contributed by atoms with E-state index >= 15 is 0 Å². The molecule has 0 unspecified atom stereocenters. The van der Waals surface area contributed by atoms with Crippen molar-refractivity contribution in [2.75, 3.05) is 13.2 Å². The lowest BCUT2D eigenvalue weighted by Gasteiger charge is -1.96. The minimum absolute atomic E-state index is 0. The van der Waals surface area contributed by atoms with Crippen LogP contribution in [0.25, 0.3) is 0 Å². The topological polar surface area (TPSA) is 92.2 Å². The molecule has 0 aliphatic heterocycles. The molecule has 5 nitrogen and oxygen atoms in total. The van der Waals surface area contributed by atoms with Gasteiger partial charge in [0.05, 0.1) is 6.61 Å². The average Bonchev–Trinajstić information content (AvgIpc) is 2.48. The van der Waals surface area contributed by atoms with Crippen molar-refractivity contribution in [2.24, 2.45) is 5.73 Å². The van der Waals surface area contributed by atoms with Crippen molar-refractivity contribution in [3.8, 4) is 5.19 Å². The zero-order chi connectivity index (χ0) is 8.97. The van der Waals surface area contributed by atoms with E-state index in [2.05, 4.69) is 4.98 Å². The van der Waals surface area contributed by atoms with Crippen LogP contribution in [0.1, 0.15) is 5.69 Å². The Hall–Kier alpha value is -0.850. The molecular weight excluding hydrogens is 214 g/mol. The Morgan fingerprint density at radius 1 is 1.77 bits per heavy atom. The van der Waals surface area contributed by atoms with E-state index in [-0.39, 0.29) is 31.5 Å². The molecule has 1 rings (SSSR count). The standard InChI is InChI=1S/C6H9N3O2S.ClH/c7-5(8)4-3-12-6(9-4)11-2-1-10;/h3,10H,1-2H2,(H3,7,8);1H. The Balaban J connectivity index is 0.00000144. The highest BCUT2D eigenvalue weighted by Gasteiger charge is 2.03. The maximum atomic E-state index is 8.43. The van der Waals surface area contributed by atoms with E-state index in [0.717, 1.165) is 0 Å². The number of nitrogen functional groups attached to an aromatic ring is 1. The number of nitrogens with one attached hydrogen (secondary N) is 1. The van der Waals surface area contributed by atoms with E-state index in [1.165, 1.54) is 11.3 Å². The first-order valence-electron chi connectivity index (χ1n) is 3.27. The second-order valence-electron chi connectivity index (χ2n) is 1.98. The summed E-state index contributed by atoms with van der Waals surface area (Å²) in [5.41, 5.74) is 5.59. The number of hydrogen-bond donors (Lipinski definition) is 3. The first kappa shape index (κ1) is 12.2. The van der Waals surface area contributed by atoms with Crippen LogP contribution in [0, 0.1) is 5.41 Å². The highest BCUT2D eigenvalue weighted by molar-refractivity contribution is 7.11. The van der Waals surface area contributed by atoms with Gasteiger partial charge in [0.15, 0.2) is 0 Å². The molecule has 0 spiro atoms. The zero-order valence-electron chi connectivity index (χ0n) is 6.69. The van der Waals surface area contributed by atoms with Gasteiger partial charge in [-0.15, -0.1) is 12.4 Å². The highest BCUT2D eigenvalue weighted by atomic mass is 35.5. The molecule has 0 saturated heterocycles. The molecule has 4 N–H and O–H groups in total. The number of halogens is 1. The molecule has 0 aliphatic rings. The van der Waals surface area contributed by atoms with Gasteiger partial charge >= 0.3 is 0 Å². The number of aromatic nitrogens is 1. The predicted octanol–water partition coefficient (Wildman–Crippen LogP) is 0.220. The molecule has 13 heavy (non-hydrogen) atoms. The van der Waals surface area contributed by atoms with E-state index in [1.807, 2.05) is 0 Å². The Kier molecular flexibility index (Phi) is 5.36. The lowest BCUT2D eigenvalue weighted by Crippen LogP contribution is -2.11. The summed E-state index contributed by atoms with van der Waals surface area (Å²) in [4.78, 5) is 3.88. The summed E-state index contributed by atoms with van der Waals surface area (Å²) < 4.78 is 4.99. The van der Waals surface area contributed by atoms with E-state index in [4.69, 9.17) is 21.0 Å². The number of nitrogens with zero attached hydrogens (tertiary/aromatic N) is 1. The molecule has 1 heterocycles. The average molecular weight is 224 g/mol. The van der Waals surface area contributed by atoms with Crippen LogP contribution in [0.5, 0.6) is 5.19 Å². The fourth-order valence-corrected chi connectivity index (χ4v) is 1.27. The normalized spacial score (nSPS) is 9.00. The SMILES string of the molecule is Cl.N=C(N)c1csc(OCCO)n1. The van der Waals surface area contributed by atoms with Crippen LogP contribution in [-0.4, -0.2) is 29.1 Å². The number of nitrogens with two attached hydrogens (primary N) is 1. The van der Waals surface area contributed by atoms with E-state index in [9.17, 15) is 0 Å². The third-order valence-electron chi connectivity index (χ3n) is 1.08. The molecule has 74 valence electrons. The second kappa shape index (κ2) is 5.74. The summed E-state index contributed by atoms with van der Waals surface area (Å²) >= 11 is 1.25. The fraction of sp³-hybridized carbons (Fsp3) is 0.333. The lowest BCUT2D eigenvalue weighted by atomic mass is 10.5. The van der Waals surface area contributed by atoms with Crippen LogP contribution in [0.2, 0.25) is 0 Å². The largest absolute Gasteiger partial charge is 0.468 e. The molecule has 0 aromatic carbocycles. The van der Waals surface area contributed by atoms with Gasteiger partial charge in [-0.25, -0.2) is 0 Å². The molecule has 1 aromatic heterocycles. The lowest BCUT2D eigenvalue weighted by molar-refractivity contribution is 0.201. The minimum atomic E-state index is -0.0786. The molecule has 0 atom stereocenters. The van der Waals surface area contributed by atoms with Gasteiger partial charge in [-0.3, -0.25) is 5.41 Å². The van der Waals surface area contributed by atoms with E-state index < -0.39 is 0 Å². The van der Waals surface area contributed by atoms with Crippen LogP contribution in [0.4, 0.5) is 0 Å². The third-order valence-corrected chi connectivity index (χ3v) is 1.83. The molecular formula is C6H10ClN3O2S. The molecule has 0 amide bonds. The Labute approximate surface area is 85.5 Å². The predicted molar refractivity (Wildman–Crippen MR) is 53.0 cm³/mol. The Morgan fingerprint density at radius 3 is 2.92 bits per heavy atom. The van der Waals surface area contributed by atoms with Gasteiger partial charge in [0.1, 0.15) is 18.1 Å². The van der Waals surface area contributed by atoms with Crippen LogP contribution >= 0.6 is 23.7 Å². The first-order chi connectivity index (χ1) is 5.74. The first-order valence-corrected chi connectivity index (χ1v) is 4.15. The van der Waals surface area contributed by atoms with Gasteiger partial charge in [0, 0.05) is 5.38 Å². The molecule has 0 bridgehead atoms. The van der Waals surface area contributed by atoms with Crippen molar-refractivity contribution in [2.45, 2.75) is 0 Å². The van der Waals surface area contributed by atoms with Crippen LogP contribution in [0.15, 0.2) is 5.38 Å². The fourth-order valence-electron chi connectivity index (χ4n) is 0.580. The van der Waals surface area contributed by atoms with Crippen molar-refractivity contribution < 1.29 is 9.84 Å². The summed E-state index contributed by atoms with van der Waals surface area (Å²) in [6.45, 7) is 0.167. The van der Waals surface area contributed by atoms with Crippen molar-refractivity contribution in [3.05, 3.63) is 11.1 Å². The van der Waals surface area contributed by atoms with Crippen molar-refractivity contribution >= 4 is 29.6 Å². The molecule has 0 fully saturated rings. The Morgan fingerprint density at radius 2 is 2.46 bits per heavy atom. The number of aliphatic hydroxyl groups excluding tert-OH is 1. The minimum Gasteiger partial charge on any atom is -0.468 e. The van der Waals surface area contributed by atoms with Gasteiger partial charge < -0.3 is 15.6 Å². The third kappa shape index (κ3) is 3.58. The number of rotatable bonds is 4. The van der Waals surface area contributed by atoms with Gasteiger partial charge in [0.25, 0.3) is 5.19 Å². The van der Waals surface area contributed by atoms with Gasteiger partial charge in [-0.2, -0.15) is 4.98 Å². The molecule has 0 radical (unpaired) electrons. The quantitative estimate of drug-likeness (QED) is 0.503. The maximum Gasteiger partial charge on any atom is 0.273 e. The number of amidine groups is 1. The summed E-state index contributed by atoms with van der Waals surface area (Å²) in [6.07, 6.45) is 0. The van der Waals surface area contributed by atoms with E-state index in [0.29, 0.717) is 10.9 Å². The second-order valence-corrected chi connectivity index (χ2v) is 2.81. The van der Waals surface area contributed by atoms with Crippen LogP contribution < -0.4 is 10.5 Å².